The largest absolute Gasteiger partial charge is 0.465 e. The Bertz CT molecular complexity index is 790. The number of nitrogens with zero attached hydrogens (tertiary/aromatic N) is 3. The molecule has 1 atom stereocenters. The van der Waals surface area contributed by atoms with Crippen LogP contribution >= 0.6 is 11.7 Å². The fourth-order valence-electron chi connectivity index (χ4n) is 2.33. The maximum atomic E-state index is 12.6. The molecule has 0 fully saturated rings. The third-order valence-electron chi connectivity index (χ3n) is 3.50. The van der Waals surface area contributed by atoms with Crippen LogP contribution in [0, 0.1) is 5.92 Å². The van der Waals surface area contributed by atoms with E-state index in [1.165, 1.54) is 7.11 Å². The first-order valence-corrected chi connectivity index (χ1v) is 8.99. The third-order valence-corrected chi connectivity index (χ3v) is 4.05. The molecule has 0 N–H and O–H groups in total. The summed E-state index contributed by atoms with van der Waals surface area (Å²) in [5.41, 5.74) is 2.19. The molecule has 0 saturated heterocycles. The number of carbonyl (C=O) groups excluding carboxylic acids is 2. The Kier molecular flexibility index (Phi) is 7.46. The number of hydrogen-bond acceptors (Lipinski definition) is 9. The summed E-state index contributed by atoms with van der Waals surface area (Å²) >= 11 is 1.11. The number of carbonyl (C=O) groups is 2. The van der Waals surface area contributed by atoms with Gasteiger partial charge >= 0.3 is 11.9 Å². The SMILES string of the molecule is CCCOC(=O)C(Cc1ccc2nsnc2c1)C(=NOC)C(=O)OCC. The van der Waals surface area contributed by atoms with Crippen molar-refractivity contribution in [2.24, 2.45) is 11.1 Å². The van der Waals surface area contributed by atoms with Gasteiger partial charge in [0, 0.05) is 0 Å². The van der Waals surface area contributed by atoms with Crippen molar-refractivity contribution in [1.82, 2.24) is 8.75 Å². The van der Waals surface area contributed by atoms with Crippen molar-refractivity contribution < 1.29 is 23.9 Å². The number of esters is 2. The standard InChI is InChI=1S/C17H21N3O5S/c1-4-8-25-16(21)12(15(18-23-3)17(22)24-5-2)9-11-6-7-13-14(10-11)20-26-19-13/h6-7,10,12H,4-5,8-9H2,1-3H3. The highest BCUT2D eigenvalue weighted by atomic mass is 32.1. The monoisotopic (exact) mass is 379 g/mol. The van der Waals surface area contributed by atoms with Crippen LogP contribution in [0.3, 0.4) is 0 Å². The number of oxime groups is 1. The highest BCUT2D eigenvalue weighted by molar-refractivity contribution is 7.00. The van der Waals surface area contributed by atoms with Crippen LogP contribution in [-0.4, -0.2) is 46.7 Å². The normalized spacial score (nSPS) is 12.7. The van der Waals surface area contributed by atoms with E-state index in [-0.39, 0.29) is 25.3 Å². The van der Waals surface area contributed by atoms with Gasteiger partial charge in [0.25, 0.3) is 0 Å². The van der Waals surface area contributed by atoms with Gasteiger partial charge in [0.05, 0.1) is 24.9 Å². The molecule has 0 bridgehead atoms. The Morgan fingerprint density at radius 2 is 1.96 bits per heavy atom. The van der Waals surface area contributed by atoms with Crippen molar-refractivity contribution in [2.45, 2.75) is 26.7 Å². The van der Waals surface area contributed by atoms with Crippen LogP contribution < -0.4 is 0 Å². The first kappa shape index (κ1) is 19.8. The minimum Gasteiger partial charge on any atom is -0.465 e. The van der Waals surface area contributed by atoms with Crippen LogP contribution in [0.4, 0.5) is 0 Å². The highest BCUT2D eigenvalue weighted by Gasteiger charge is 2.33. The molecule has 0 aliphatic carbocycles. The van der Waals surface area contributed by atoms with Gasteiger partial charge in [-0.3, -0.25) is 4.79 Å². The van der Waals surface area contributed by atoms with Crippen molar-refractivity contribution in [3.63, 3.8) is 0 Å². The van der Waals surface area contributed by atoms with E-state index in [1.54, 1.807) is 6.92 Å². The summed E-state index contributed by atoms with van der Waals surface area (Å²) in [7, 11) is 1.31. The zero-order valence-corrected chi connectivity index (χ0v) is 15.7. The Hall–Kier alpha value is -2.55. The number of ether oxygens (including phenoxy) is 2. The molecule has 1 heterocycles. The Balaban J connectivity index is 2.33. The van der Waals surface area contributed by atoms with Gasteiger partial charge in [-0.2, -0.15) is 8.75 Å². The van der Waals surface area contributed by atoms with Gasteiger partial charge in [-0.05, 0) is 37.5 Å². The average molecular weight is 379 g/mol. The molecule has 26 heavy (non-hydrogen) atoms. The minimum atomic E-state index is -0.940. The van der Waals surface area contributed by atoms with Gasteiger partial charge in [-0.25, -0.2) is 4.79 Å². The molecule has 2 rings (SSSR count). The number of rotatable bonds is 9. The molecule has 0 aliphatic rings. The van der Waals surface area contributed by atoms with Gasteiger partial charge < -0.3 is 14.3 Å². The molecule has 0 amide bonds. The topological polar surface area (TPSA) is 100.0 Å². The van der Waals surface area contributed by atoms with E-state index in [0.717, 1.165) is 28.3 Å². The molecular formula is C17H21N3O5S. The summed E-state index contributed by atoms with van der Waals surface area (Å²) in [5, 5.41) is 3.74. The lowest BCUT2D eigenvalue weighted by Crippen LogP contribution is -2.35. The third kappa shape index (κ3) is 4.98. The summed E-state index contributed by atoms with van der Waals surface area (Å²) in [5.74, 6) is -2.19. The van der Waals surface area contributed by atoms with Gasteiger partial charge in [0.15, 0.2) is 5.71 Å². The van der Waals surface area contributed by atoms with Gasteiger partial charge in [0.2, 0.25) is 0 Å². The quantitative estimate of drug-likeness (QED) is 0.374. The van der Waals surface area contributed by atoms with Crippen molar-refractivity contribution in [1.29, 1.82) is 0 Å². The van der Waals surface area contributed by atoms with Gasteiger partial charge in [-0.15, -0.1) is 0 Å². The van der Waals surface area contributed by atoms with Crippen LogP contribution in [0.25, 0.3) is 11.0 Å². The van der Waals surface area contributed by atoms with E-state index in [2.05, 4.69) is 13.9 Å². The second-order valence-corrected chi connectivity index (χ2v) is 5.92. The maximum Gasteiger partial charge on any atom is 0.357 e. The molecule has 0 saturated carbocycles. The zero-order chi connectivity index (χ0) is 18.9. The van der Waals surface area contributed by atoms with Gasteiger partial charge in [0.1, 0.15) is 24.1 Å². The molecule has 8 nitrogen and oxygen atoms in total. The number of hydrogen-bond donors (Lipinski definition) is 0. The lowest BCUT2D eigenvalue weighted by molar-refractivity contribution is -0.147. The van der Waals surface area contributed by atoms with Crippen molar-refractivity contribution in [3.05, 3.63) is 23.8 Å². The lowest BCUT2D eigenvalue weighted by Gasteiger charge is -2.17. The molecule has 0 aliphatic heterocycles. The molecular weight excluding hydrogens is 358 g/mol. The second-order valence-electron chi connectivity index (χ2n) is 5.39. The Labute approximate surface area is 155 Å². The first-order chi connectivity index (χ1) is 12.6. The van der Waals surface area contributed by atoms with Crippen LogP contribution in [0.15, 0.2) is 23.4 Å². The Morgan fingerprint density at radius 1 is 1.19 bits per heavy atom. The number of fused-ring (bicyclic) bond motifs is 1. The maximum absolute atomic E-state index is 12.6. The summed E-state index contributed by atoms with van der Waals surface area (Å²) < 4.78 is 18.6. The summed E-state index contributed by atoms with van der Waals surface area (Å²) in [6.07, 6.45) is 0.877. The molecule has 0 radical (unpaired) electrons. The van der Waals surface area contributed by atoms with Crippen LogP contribution in [0.1, 0.15) is 25.8 Å². The first-order valence-electron chi connectivity index (χ1n) is 8.26. The molecule has 1 unspecified atom stereocenters. The summed E-state index contributed by atoms with van der Waals surface area (Å²) in [6.45, 7) is 3.99. The van der Waals surface area contributed by atoms with Crippen molar-refractivity contribution >= 4 is 40.4 Å². The van der Waals surface area contributed by atoms with E-state index in [0.29, 0.717) is 6.42 Å². The minimum absolute atomic E-state index is 0.119. The molecule has 2 aromatic rings. The predicted octanol–water partition coefficient (Wildman–Crippen LogP) is 2.37. The van der Waals surface area contributed by atoms with Gasteiger partial charge in [-0.1, -0.05) is 18.1 Å². The van der Waals surface area contributed by atoms with E-state index >= 15 is 0 Å². The average Bonchev–Trinajstić information content (AvgIpc) is 3.10. The molecule has 9 heteroatoms. The Morgan fingerprint density at radius 3 is 2.65 bits per heavy atom. The van der Waals surface area contributed by atoms with Crippen LogP contribution in [0.2, 0.25) is 0 Å². The van der Waals surface area contributed by atoms with E-state index in [4.69, 9.17) is 14.3 Å². The highest BCUT2D eigenvalue weighted by Crippen LogP contribution is 2.19. The molecule has 1 aromatic carbocycles. The van der Waals surface area contributed by atoms with E-state index < -0.39 is 17.9 Å². The van der Waals surface area contributed by atoms with Crippen LogP contribution in [-0.2, 0) is 30.3 Å². The predicted molar refractivity (Wildman–Crippen MR) is 96.9 cm³/mol. The molecule has 1 aromatic heterocycles. The fourth-order valence-corrected chi connectivity index (χ4v) is 2.85. The van der Waals surface area contributed by atoms with Crippen LogP contribution in [0.5, 0.6) is 0 Å². The summed E-state index contributed by atoms with van der Waals surface area (Å²) in [4.78, 5) is 29.6. The smallest absolute Gasteiger partial charge is 0.357 e. The van der Waals surface area contributed by atoms with E-state index in [1.807, 2.05) is 25.1 Å². The lowest BCUT2D eigenvalue weighted by atomic mass is 9.94. The summed E-state index contributed by atoms with van der Waals surface area (Å²) in [6, 6.07) is 5.48. The number of aromatic nitrogens is 2. The zero-order valence-electron chi connectivity index (χ0n) is 14.9. The molecule has 140 valence electrons. The second kappa shape index (κ2) is 9.81. The number of benzene rings is 1. The fraction of sp³-hybridized carbons (Fsp3) is 0.471. The molecule has 0 spiro atoms. The van der Waals surface area contributed by atoms with E-state index in [9.17, 15) is 9.59 Å². The van der Waals surface area contributed by atoms with Crippen molar-refractivity contribution in [3.8, 4) is 0 Å². The van der Waals surface area contributed by atoms with Crippen molar-refractivity contribution in [2.75, 3.05) is 20.3 Å².